The molecule has 0 aliphatic heterocycles. The smallest absolute Gasteiger partial charge is 0.270 e. The number of nitrogens with one attached hydrogen (secondary N) is 1. The van der Waals surface area contributed by atoms with Crippen molar-refractivity contribution in [3.8, 4) is 0 Å². The number of amides is 1. The molecule has 0 aromatic carbocycles. The van der Waals surface area contributed by atoms with Gasteiger partial charge in [-0.3, -0.25) is 9.48 Å². The molecule has 0 radical (unpaired) electrons. The average Bonchev–Trinajstić information content (AvgIpc) is 3.07. The Labute approximate surface area is 129 Å². The second kappa shape index (κ2) is 6.29. The van der Waals surface area contributed by atoms with E-state index >= 15 is 0 Å². The van der Waals surface area contributed by atoms with Gasteiger partial charge in [0.1, 0.15) is 17.8 Å². The lowest BCUT2D eigenvalue weighted by Crippen LogP contribution is -2.33. The van der Waals surface area contributed by atoms with E-state index in [0.29, 0.717) is 11.6 Å². The predicted molar refractivity (Wildman–Crippen MR) is 81.1 cm³/mol. The first-order valence-corrected chi connectivity index (χ1v) is 7.95. The molecule has 3 rings (SSSR count). The molecule has 1 N–H and O–H groups in total. The van der Waals surface area contributed by atoms with Crippen LogP contribution >= 0.6 is 0 Å². The van der Waals surface area contributed by atoms with E-state index in [2.05, 4.69) is 27.4 Å². The number of hydrogen-bond donors (Lipinski definition) is 1. The SMILES string of the molecule is CCCn1nccc1C(=O)N[C@H](c1ncnn1CC)C1CC1. The van der Waals surface area contributed by atoms with Crippen LogP contribution in [-0.4, -0.2) is 30.5 Å². The van der Waals surface area contributed by atoms with Crippen LogP contribution in [-0.2, 0) is 13.1 Å². The number of aromatic nitrogens is 5. The van der Waals surface area contributed by atoms with Crippen molar-refractivity contribution in [2.45, 2.75) is 52.2 Å². The van der Waals surface area contributed by atoms with Crippen LogP contribution in [0, 0.1) is 5.92 Å². The Kier molecular flexibility index (Phi) is 4.22. The summed E-state index contributed by atoms with van der Waals surface area (Å²) in [7, 11) is 0. The molecule has 0 saturated heterocycles. The minimum atomic E-state index is -0.0893. The van der Waals surface area contributed by atoms with Crippen molar-refractivity contribution < 1.29 is 4.79 Å². The predicted octanol–water partition coefficient (Wildman–Crippen LogP) is 1.79. The lowest BCUT2D eigenvalue weighted by atomic mass is 10.1. The third kappa shape index (κ3) is 2.88. The van der Waals surface area contributed by atoms with E-state index in [9.17, 15) is 4.79 Å². The van der Waals surface area contributed by atoms with Crippen molar-refractivity contribution in [1.82, 2.24) is 29.9 Å². The first-order chi connectivity index (χ1) is 10.7. The van der Waals surface area contributed by atoms with Crippen molar-refractivity contribution in [1.29, 1.82) is 0 Å². The van der Waals surface area contributed by atoms with E-state index in [-0.39, 0.29) is 11.9 Å². The summed E-state index contributed by atoms with van der Waals surface area (Å²) in [5.74, 6) is 1.22. The van der Waals surface area contributed by atoms with E-state index in [4.69, 9.17) is 0 Å². The molecular weight excluding hydrogens is 280 g/mol. The number of carbonyl (C=O) groups is 1. The quantitative estimate of drug-likeness (QED) is 0.846. The summed E-state index contributed by atoms with van der Waals surface area (Å²) >= 11 is 0. The number of rotatable bonds is 7. The zero-order valence-electron chi connectivity index (χ0n) is 13.1. The molecular formula is C15H22N6O. The number of aryl methyl sites for hydroxylation is 2. The second-order valence-corrected chi connectivity index (χ2v) is 5.66. The van der Waals surface area contributed by atoms with Gasteiger partial charge in [0.2, 0.25) is 0 Å². The molecule has 22 heavy (non-hydrogen) atoms. The van der Waals surface area contributed by atoms with E-state index in [0.717, 1.165) is 38.2 Å². The van der Waals surface area contributed by atoms with E-state index in [1.807, 2.05) is 11.6 Å². The molecule has 0 bridgehead atoms. The first-order valence-electron chi connectivity index (χ1n) is 7.95. The summed E-state index contributed by atoms with van der Waals surface area (Å²) in [5.41, 5.74) is 0.607. The summed E-state index contributed by atoms with van der Waals surface area (Å²) in [4.78, 5) is 17.0. The van der Waals surface area contributed by atoms with Gasteiger partial charge >= 0.3 is 0 Å². The van der Waals surface area contributed by atoms with Gasteiger partial charge in [0.05, 0.1) is 6.04 Å². The normalized spacial score (nSPS) is 15.7. The van der Waals surface area contributed by atoms with Crippen LogP contribution in [0.1, 0.15) is 55.5 Å². The van der Waals surface area contributed by atoms with E-state index in [1.165, 1.54) is 0 Å². The highest BCUT2D eigenvalue weighted by Gasteiger charge is 2.36. The highest BCUT2D eigenvalue weighted by Crippen LogP contribution is 2.40. The highest BCUT2D eigenvalue weighted by atomic mass is 16.2. The minimum Gasteiger partial charge on any atom is -0.340 e. The van der Waals surface area contributed by atoms with Gasteiger partial charge in [-0.25, -0.2) is 9.67 Å². The standard InChI is InChI=1S/C15H22N6O/c1-3-9-21-12(7-8-17-21)15(22)19-13(11-5-6-11)14-16-10-18-20(14)4-2/h7-8,10-11,13H,3-6,9H2,1-2H3,(H,19,22)/t13-/m0/s1. The molecule has 1 aliphatic rings. The molecule has 0 spiro atoms. The molecule has 1 aliphatic carbocycles. The Morgan fingerprint density at radius 3 is 2.86 bits per heavy atom. The number of nitrogens with zero attached hydrogens (tertiary/aromatic N) is 5. The maximum atomic E-state index is 12.6. The largest absolute Gasteiger partial charge is 0.340 e. The second-order valence-electron chi connectivity index (χ2n) is 5.66. The lowest BCUT2D eigenvalue weighted by molar-refractivity contribution is 0.0917. The summed E-state index contributed by atoms with van der Waals surface area (Å²) < 4.78 is 3.61. The Morgan fingerprint density at radius 2 is 2.18 bits per heavy atom. The van der Waals surface area contributed by atoms with Gasteiger partial charge < -0.3 is 5.32 Å². The fourth-order valence-corrected chi connectivity index (χ4v) is 2.71. The first kappa shape index (κ1) is 14.7. The van der Waals surface area contributed by atoms with Crippen molar-refractivity contribution >= 4 is 5.91 Å². The van der Waals surface area contributed by atoms with Gasteiger partial charge in [-0.1, -0.05) is 6.92 Å². The van der Waals surface area contributed by atoms with Crippen LogP contribution < -0.4 is 5.32 Å². The van der Waals surface area contributed by atoms with Gasteiger partial charge in [0.15, 0.2) is 0 Å². The van der Waals surface area contributed by atoms with Gasteiger partial charge in [0, 0.05) is 19.3 Å². The van der Waals surface area contributed by atoms with Crippen molar-refractivity contribution in [3.05, 3.63) is 30.1 Å². The summed E-state index contributed by atoms with van der Waals surface area (Å²) in [5, 5.41) is 11.6. The Bertz CT molecular complexity index is 642. The zero-order valence-corrected chi connectivity index (χ0v) is 13.1. The van der Waals surface area contributed by atoms with Crippen LogP contribution in [0.5, 0.6) is 0 Å². The van der Waals surface area contributed by atoms with Crippen molar-refractivity contribution in [2.75, 3.05) is 0 Å². The van der Waals surface area contributed by atoms with Gasteiger partial charge in [-0.05, 0) is 38.2 Å². The number of carbonyl (C=O) groups excluding carboxylic acids is 1. The van der Waals surface area contributed by atoms with Crippen LogP contribution in [0.25, 0.3) is 0 Å². The van der Waals surface area contributed by atoms with Gasteiger partial charge in [-0.2, -0.15) is 10.2 Å². The molecule has 7 heteroatoms. The maximum Gasteiger partial charge on any atom is 0.270 e. The van der Waals surface area contributed by atoms with Crippen molar-refractivity contribution in [2.24, 2.45) is 5.92 Å². The Morgan fingerprint density at radius 1 is 1.36 bits per heavy atom. The fraction of sp³-hybridized carbons (Fsp3) is 0.600. The zero-order chi connectivity index (χ0) is 15.5. The lowest BCUT2D eigenvalue weighted by Gasteiger charge is -2.18. The average molecular weight is 302 g/mol. The summed E-state index contributed by atoms with van der Waals surface area (Å²) in [6.45, 7) is 5.59. The van der Waals surface area contributed by atoms with E-state index < -0.39 is 0 Å². The molecule has 1 amide bonds. The number of hydrogen-bond acceptors (Lipinski definition) is 4. The molecule has 2 heterocycles. The maximum absolute atomic E-state index is 12.6. The third-order valence-electron chi connectivity index (χ3n) is 3.99. The topological polar surface area (TPSA) is 77.6 Å². The highest BCUT2D eigenvalue weighted by molar-refractivity contribution is 5.92. The van der Waals surface area contributed by atoms with Crippen LogP contribution in [0.15, 0.2) is 18.6 Å². The van der Waals surface area contributed by atoms with Crippen molar-refractivity contribution in [3.63, 3.8) is 0 Å². The van der Waals surface area contributed by atoms with Gasteiger partial charge in [0.25, 0.3) is 5.91 Å². The monoisotopic (exact) mass is 302 g/mol. The van der Waals surface area contributed by atoms with E-state index in [1.54, 1.807) is 23.3 Å². The molecule has 1 atom stereocenters. The molecule has 2 aromatic heterocycles. The Balaban J connectivity index is 1.79. The molecule has 0 unspecified atom stereocenters. The molecule has 2 aromatic rings. The van der Waals surface area contributed by atoms with Crippen LogP contribution in [0.4, 0.5) is 0 Å². The third-order valence-corrected chi connectivity index (χ3v) is 3.99. The van der Waals surface area contributed by atoms with Crippen LogP contribution in [0.3, 0.4) is 0 Å². The summed E-state index contributed by atoms with van der Waals surface area (Å²) in [6, 6.07) is 1.69. The molecule has 1 saturated carbocycles. The molecule has 7 nitrogen and oxygen atoms in total. The van der Waals surface area contributed by atoms with Crippen LogP contribution in [0.2, 0.25) is 0 Å². The minimum absolute atomic E-state index is 0.0695. The fourth-order valence-electron chi connectivity index (χ4n) is 2.71. The molecule has 118 valence electrons. The summed E-state index contributed by atoms with van der Waals surface area (Å²) in [6.07, 6.45) is 6.41. The van der Waals surface area contributed by atoms with Gasteiger partial charge in [-0.15, -0.1) is 0 Å². The molecule has 1 fully saturated rings. The Hall–Kier alpha value is -2.18.